The SMILES string of the molecule is CCn1nc(C(F)(F)F)c2c1C(F)(F)[C@H]1C[C@@H]21. The van der Waals surface area contributed by atoms with E-state index in [4.69, 9.17) is 0 Å². The van der Waals surface area contributed by atoms with E-state index in [1.54, 1.807) is 0 Å². The van der Waals surface area contributed by atoms with Crippen molar-refractivity contribution < 1.29 is 22.0 Å². The molecule has 0 aliphatic heterocycles. The van der Waals surface area contributed by atoms with Crippen molar-refractivity contribution in [3.05, 3.63) is 17.0 Å². The van der Waals surface area contributed by atoms with Gasteiger partial charge in [0.15, 0.2) is 5.69 Å². The maximum absolute atomic E-state index is 13.8. The van der Waals surface area contributed by atoms with E-state index in [1.807, 2.05) is 0 Å². The number of hydrogen-bond acceptors (Lipinski definition) is 1. The van der Waals surface area contributed by atoms with Crippen LogP contribution >= 0.6 is 0 Å². The van der Waals surface area contributed by atoms with Gasteiger partial charge in [-0.3, -0.25) is 4.68 Å². The fourth-order valence-corrected chi connectivity index (χ4v) is 2.71. The highest BCUT2D eigenvalue weighted by Gasteiger charge is 2.68. The molecule has 0 saturated heterocycles. The highest BCUT2D eigenvalue weighted by molar-refractivity contribution is 5.46. The van der Waals surface area contributed by atoms with Gasteiger partial charge in [-0.2, -0.15) is 27.1 Å². The molecule has 1 saturated carbocycles. The van der Waals surface area contributed by atoms with Crippen LogP contribution in [0.5, 0.6) is 0 Å². The van der Waals surface area contributed by atoms with Crippen LogP contribution < -0.4 is 0 Å². The van der Waals surface area contributed by atoms with Crippen LogP contribution in [0.2, 0.25) is 0 Å². The predicted octanol–water partition coefficient (Wildman–Crippen LogP) is 3.13. The fraction of sp³-hybridized carbons (Fsp3) is 0.700. The van der Waals surface area contributed by atoms with Gasteiger partial charge in [-0.15, -0.1) is 0 Å². The summed E-state index contributed by atoms with van der Waals surface area (Å²) < 4.78 is 66.5. The average Bonchev–Trinajstić information content (AvgIpc) is 2.83. The Bertz CT molecular complexity index is 488. The second kappa shape index (κ2) is 2.81. The lowest BCUT2D eigenvalue weighted by Crippen LogP contribution is -2.19. The van der Waals surface area contributed by atoms with Gasteiger partial charge in [-0.05, 0) is 19.3 Å². The number of nitrogens with zero attached hydrogens (tertiary/aromatic N) is 2. The highest BCUT2D eigenvalue weighted by Crippen LogP contribution is 2.68. The summed E-state index contributed by atoms with van der Waals surface area (Å²) in [4.78, 5) is 0. The van der Waals surface area contributed by atoms with E-state index < -0.39 is 35.3 Å². The Morgan fingerprint density at radius 2 is 2.06 bits per heavy atom. The second-order valence-corrected chi connectivity index (χ2v) is 4.50. The molecule has 1 aromatic heterocycles. The van der Waals surface area contributed by atoms with Crippen LogP contribution in [0.25, 0.3) is 0 Å². The van der Waals surface area contributed by atoms with Gasteiger partial charge in [0.25, 0.3) is 5.92 Å². The number of rotatable bonds is 1. The van der Waals surface area contributed by atoms with Crippen molar-refractivity contribution in [2.45, 2.75) is 37.9 Å². The smallest absolute Gasteiger partial charge is 0.263 e. The minimum atomic E-state index is -4.65. The Morgan fingerprint density at radius 3 is 2.59 bits per heavy atom. The minimum Gasteiger partial charge on any atom is -0.263 e. The number of alkyl halides is 5. The van der Waals surface area contributed by atoms with Crippen LogP contribution in [-0.4, -0.2) is 9.78 Å². The molecule has 2 aliphatic rings. The van der Waals surface area contributed by atoms with Gasteiger partial charge in [-0.25, -0.2) is 0 Å². The summed E-state index contributed by atoms with van der Waals surface area (Å²) in [6, 6.07) is 0. The van der Waals surface area contributed by atoms with Crippen LogP contribution in [0.1, 0.15) is 36.2 Å². The third kappa shape index (κ3) is 1.22. The second-order valence-electron chi connectivity index (χ2n) is 4.50. The Morgan fingerprint density at radius 1 is 1.41 bits per heavy atom. The third-order valence-electron chi connectivity index (χ3n) is 3.50. The van der Waals surface area contributed by atoms with Crippen molar-refractivity contribution in [3.8, 4) is 0 Å². The molecule has 0 spiro atoms. The molecule has 1 heterocycles. The summed E-state index contributed by atoms with van der Waals surface area (Å²) in [5.41, 5.74) is -1.91. The van der Waals surface area contributed by atoms with E-state index in [9.17, 15) is 22.0 Å². The minimum absolute atomic E-state index is 0.0213. The van der Waals surface area contributed by atoms with Crippen molar-refractivity contribution in [1.82, 2.24) is 9.78 Å². The Balaban J connectivity index is 2.24. The van der Waals surface area contributed by atoms with Crippen LogP contribution in [-0.2, 0) is 18.6 Å². The third-order valence-corrected chi connectivity index (χ3v) is 3.50. The summed E-state index contributed by atoms with van der Waals surface area (Å²) in [5.74, 6) is -4.77. The van der Waals surface area contributed by atoms with Gasteiger partial charge < -0.3 is 0 Å². The molecule has 3 rings (SSSR count). The van der Waals surface area contributed by atoms with E-state index in [0.29, 0.717) is 0 Å². The van der Waals surface area contributed by atoms with Crippen LogP contribution in [0.15, 0.2) is 0 Å². The molecule has 7 heteroatoms. The lowest BCUT2D eigenvalue weighted by Gasteiger charge is -2.14. The van der Waals surface area contributed by atoms with Crippen molar-refractivity contribution in [2.75, 3.05) is 0 Å². The van der Waals surface area contributed by atoms with E-state index in [2.05, 4.69) is 5.10 Å². The van der Waals surface area contributed by atoms with Crippen molar-refractivity contribution in [2.24, 2.45) is 5.92 Å². The van der Waals surface area contributed by atoms with Gasteiger partial charge in [0.1, 0.15) is 5.69 Å². The zero-order valence-corrected chi connectivity index (χ0v) is 8.85. The standard InChI is InChI=1S/C10H9F5N2/c1-2-17-8-6(7(16-17)10(13,14)15)4-3-5(4)9(8,11)12/h4-5H,2-3H2,1H3/t4-,5+/m1/s1. The Kier molecular flexibility index (Phi) is 1.82. The monoisotopic (exact) mass is 252 g/mol. The molecule has 1 aromatic rings. The molecule has 94 valence electrons. The molecule has 0 radical (unpaired) electrons. The molecule has 1 fully saturated rings. The largest absolute Gasteiger partial charge is 0.435 e. The molecule has 17 heavy (non-hydrogen) atoms. The van der Waals surface area contributed by atoms with Crippen molar-refractivity contribution in [1.29, 1.82) is 0 Å². The molecule has 0 amide bonds. The van der Waals surface area contributed by atoms with Crippen LogP contribution in [0, 0.1) is 5.92 Å². The molecule has 0 bridgehead atoms. The van der Waals surface area contributed by atoms with E-state index in [0.717, 1.165) is 4.68 Å². The quantitative estimate of drug-likeness (QED) is 0.702. The fourth-order valence-electron chi connectivity index (χ4n) is 2.71. The summed E-state index contributed by atoms with van der Waals surface area (Å²) >= 11 is 0. The molecule has 2 aliphatic carbocycles. The Labute approximate surface area is 93.4 Å². The van der Waals surface area contributed by atoms with Gasteiger partial charge in [0, 0.05) is 18.0 Å². The van der Waals surface area contributed by atoms with E-state index >= 15 is 0 Å². The lowest BCUT2D eigenvalue weighted by molar-refractivity contribution is -0.142. The summed E-state index contributed by atoms with van der Waals surface area (Å²) in [7, 11) is 0. The predicted molar refractivity (Wildman–Crippen MR) is 47.6 cm³/mol. The van der Waals surface area contributed by atoms with Crippen LogP contribution in [0.3, 0.4) is 0 Å². The Hall–Kier alpha value is -1.14. The number of hydrogen-bond donors (Lipinski definition) is 0. The van der Waals surface area contributed by atoms with Crippen molar-refractivity contribution >= 4 is 0 Å². The normalized spacial score (nSPS) is 29.1. The first-order chi connectivity index (χ1) is 7.78. The molecule has 2 atom stereocenters. The number of aryl methyl sites for hydroxylation is 1. The lowest BCUT2D eigenvalue weighted by atomic mass is 10.1. The topological polar surface area (TPSA) is 17.8 Å². The van der Waals surface area contributed by atoms with Gasteiger partial charge in [0.2, 0.25) is 0 Å². The molecular formula is C10H9F5N2. The molecule has 2 nitrogen and oxygen atoms in total. The van der Waals surface area contributed by atoms with Gasteiger partial charge in [-0.1, -0.05) is 0 Å². The summed E-state index contributed by atoms with van der Waals surface area (Å²) in [5, 5.41) is 3.31. The summed E-state index contributed by atoms with van der Waals surface area (Å²) in [6.07, 6.45) is -4.52. The molecular weight excluding hydrogens is 243 g/mol. The first-order valence-electron chi connectivity index (χ1n) is 5.34. The van der Waals surface area contributed by atoms with Gasteiger partial charge >= 0.3 is 6.18 Å². The first kappa shape index (κ1) is 11.0. The maximum Gasteiger partial charge on any atom is 0.435 e. The zero-order chi connectivity index (χ0) is 12.6. The molecule has 0 aromatic carbocycles. The maximum atomic E-state index is 13.8. The number of aromatic nitrogens is 2. The zero-order valence-electron chi connectivity index (χ0n) is 8.85. The van der Waals surface area contributed by atoms with Crippen LogP contribution in [0.4, 0.5) is 22.0 Å². The number of halogens is 5. The van der Waals surface area contributed by atoms with E-state index in [-0.39, 0.29) is 18.5 Å². The van der Waals surface area contributed by atoms with Crippen molar-refractivity contribution in [3.63, 3.8) is 0 Å². The molecule has 0 N–H and O–H groups in total. The molecule has 0 unspecified atom stereocenters. The highest BCUT2D eigenvalue weighted by atomic mass is 19.4. The summed E-state index contributed by atoms with van der Waals surface area (Å²) in [6.45, 7) is 1.53. The van der Waals surface area contributed by atoms with Gasteiger partial charge in [0.05, 0.1) is 0 Å². The number of fused-ring (bicyclic) bond motifs is 3. The van der Waals surface area contributed by atoms with E-state index in [1.165, 1.54) is 6.92 Å². The first-order valence-corrected chi connectivity index (χ1v) is 5.34. The average molecular weight is 252 g/mol.